The molecule has 0 saturated heterocycles. The van der Waals surface area contributed by atoms with Gasteiger partial charge in [0.2, 0.25) is 0 Å². The van der Waals surface area contributed by atoms with Crippen LogP contribution in [0.25, 0.3) is 0 Å². The molecule has 1 unspecified atom stereocenters. The summed E-state index contributed by atoms with van der Waals surface area (Å²) in [5.74, 6) is -0.524. The molecule has 0 aliphatic heterocycles. The number of benzene rings is 1. The molecule has 0 aliphatic rings. The summed E-state index contributed by atoms with van der Waals surface area (Å²) in [4.78, 5) is 11.1. The van der Waals surface area contributed by atoms with Crippen molar-refractivity contribution >= 4 is 5.97 Å². The highest BCUT2D eigenvalue weighted by Crippen LogP contribution is 2.12. The number of hydrogen-bond donors (Lipinski definition) is 2. The Morgan fingerprint density at radius 1 is 1.53 bits per heavy atom. The van der Waals surface area contributed by atoms with Crippen molar-refractivity contribution in [3.05, 3.63) is 29.8 Å². The van der Waals surface area contributed by atoms with Gasteiger partial charge in [-0.2, -0.15) is 0 Å². The molecule has 4 nitrogen and oxygen atoms in total. The van der Waals surface area contributed by atoms with E-state index in [1.165, 1.54) is 12.1 Å². The lowest BCUT2D eigenvalue weighted by atomic mass is 10.1. The van der Waals surface area contributed by atoms with Crippen molar-refractivity contribution in [2.45, 2.75) is 19.4 Å². The molecule has 0 heterocycles. The number of aliphatic hydroxyl groups is 1. The first-order valence-corrected chi connectivity index (χ1v) is 4.76. The number of carbonyl (C=O) groups is 1. The van der Waals surface area contributed by atoms with Crippen LogP contribution in [0.15, 0.2) is 24.3 Å². The van der Waals surface area contributed by atoms with Gasteiger partial charge in [-0.25, -0.2) is 4.79 Å². The standard InChI is InChI=1S/C11H14O4/c1-2-15-11(14)10(13)7-8-4-3-5-9(12)6-8/h3-6,10,12-13H,2,7H2,1H3. The van der Waals surface area contributed by atoms with E-state index in [0.29, 0.717) is 5.56 Å². The van der Waals surface area contributed by atoms with Crippen LogP contribution in [0.2, 0.25) is 0 Å². The third-order valence-electron chi connectivity index (χ3n) is 1.90. The lowest BCUT2D eigenvalue weighted by Gasteiger charge is -2.09. The van der Waals surface area contributed by atoms with Gasteiger partial charge in [-0.1, -0.05) is 12.1 Å². The number of aromatic hydroxyl groups is 1. The Morgan fingerprint density at radius 2 is 2.27 bits per heavy atom. The summed E-state index contributed by atoms with van der Waals surface area (Å²) in [6, 6.07) is 6.41. The molecule has 0 amide bonds. The minimum atomic E-state index is -1.17. The fourth-order valence-corrected chi connectivity index (χ4v) is 1.23. The zero-order chi connectivity index (χ0) is 11.3. The monoisotopic (exact) mass is 210 g/mol. The summed E-state index contributed by atoms with van der Waals surface area (Å²) in [5.41, 5.74) is 0.690. The van der Waals surface area contributed by atoms with Crippen molar-refractivity contribution in [1.82, 2.24) is 0 Å². The van der Waals surface area contributed by atoms with E-state index < -0.39 is 12.1 Å². The van der Waals surface area contributed by atoms with E-state index in [1.54, 1.807) is 19.1 Å². The first-order chi connectivity index (χ1) is 7.13. The summed E-state index contributed by atoms with van der Waals surface area (Å²) in [6.45, 7) is 1.93. The largest absolute Gasteiger partial charge is 0.508 e. The number of aliphatic hydroxyl groups excluding tert-OH is 1. The number of esters is 1. The average molecular weight is 210 g/mol. The van der Waals surface area contributed by atoms with Crippen molar-refractivity contribution in [1.29, 1.82) is 0 Å². The quantitative estimate of drug-likeness (QED) is 0.723. The fourth-order valence-electron chi connectivity index (χ4n) is 1.23. The Balaban J connectivity index is 2.58. The maximum Gasteiger partial charge on any atom is 0.335 e. The van der Waals surface area contributed by atoms with E-state index >= 15 is 0 Å². The van der Waals surface area contributed by atoms with Crippen molar-refractivity contribution in [3.63, 3.8) is 0 Å². The van der Waals surface area contributed by atoms with Crippen LogP contribution in [0.5, 0.6) is 5.75 Å². The normalized spacial score (nSPS) is 12.1. The second-order valence-corrected chi connectivity index (χ2v) is 3.14. The number of phenols is 1. The van der Waals surface area contributed by atoms with E-state index in [1.807, 2.05) is 0 Å². The summed E-state index contributed by atoms with van der Waals surface area (Å²) in [5, 5.41) is 18.6. The van der Waals surface area contributed by atoms with E-state index in [0.717, 1.165) is 0 Å². The Hall–Kier alpha value is -1.55. The van der Waals surface area contributed by atoms with Crippen molar-refractivity contribution in [2.24, 2.45) is 0 Å². The lowest BCUT2D eigenvalue weighted by molar-refractivity contribution is -0.152. The second-order valence-electron chi connectivity index (χ2n) is 3.14. The van der Waals surface area contributed by atoms with Crippen molar-refractivity contribution in [2.75, 3.05) is 6.61 Å². The Morgan fingerprint density at radius 3 is 2.87 bits per heavy atom. The number of phenolic OH excluding ortho intramolecular Hbond substituents is 1. The van der Waals surface area contributed by atoms with Gasteiger partial charge in [0.1, 0.15) is 5.75 Å². The predicted octanol–water partition coefficient (Wildman–Crippen LogP) is 0.859. The predicted molar refractivity (Wildman–Crippen MR) is 54.5 cm³/mol. The Labute approximate surface area is 88.1 Å². The topological polar surface area (TPSA) is 66.8 Å². The minimum absolute atomic E-state index is 0.114. The molecule has 1 aromatic carbocycles. The summed E-state index contributed by atoms with van der Waals surface area (Å²) in [7, 11) is 0. The third-order valence-corrected chi connectivity index (χ3v) is 1.90. The molecule has 0 fully saturated rings. The van der Waals surface area contributed by atoms with Gasteiger partial charge in [-0.3, -0.25) is 0 Å². The highest BCUT2D eigenvalue weighted by atomic mass is 16.5. The first-order valence-electron chi connectivity index (χ1n) is 4.76. The van der Waals surface area contributed by atoms with Crippen molar-refractivity contribution in [3.8, 4) is 5.75 Å². The van der Waals surface area contributed by atoms with Gasteiger partial charge in [-0.05, 0) is 24.6 Å². The van der Waals surface area contributed by atoms with Crippen LogP contribution < -0.4 is 0 Å². The van der Waals surface area contributed by atoms with Crippen LogP contribution in [-0.4, -0.2) is 28.9 Å². The zero-order valence-electron chi connectivity index (χ0n) is 8.51. The molecule has 0 radical (unpaired) electrons. The molecule has 0 aliphatic carbocycles. The molecule has 1 rings (SSSR count). The molecule has 0 aromatic heterocycles. The van der Waals surface area contributed by atoms with Crippen LogP contribution in [0.4, 0.5) is 0 Å². The van der Waals surface area contributed by atoms with E-state index in [-0.39, 0.29) is 18.8 Å². The molecule has 1 atom stereocenters. The Bertz CT molecular complexity index is 335. The van der Waals surface area contributed by atoms with Gasteiger partial charge in [-0.15, -0.1) is 0 Å². The smallest absolute Gasteiger partial charge is 0.335 e. The number of ether oxygens (including phenoxy) is 1. The van der Waals surface area contributed by atoms with E-state index in [9.17, 15) is 15.0 Å². The van der Waals surface area contributed by atoms with Gasteiger partial charge >= 0.3 is 5.97 Å². The first kappa shape index (κ1) is 11.5. The lowest BCUT2D eigenvalue weighted by Crippen LogP contribution is -2.25. The highest BCUT2D eigenvalue weighted by molar-refractivity contribution is 5.74. The molecule has 0 spiro atoms. The van der Waals surface area contributed by atoms with Gasteiger partial charge < -0.3 is 14.9 Å². The second kappa shape index (κ2) is 5.36. The summed E-state index contributed by atoms with van der Waals surface area (Å²) >= 11 is 0. The van der Waals surface area contributed by atoms with Crippen LogP contribution >= 0.6 is 0 Å². The molecule has 2 N–H and O–H groups in total. The molecule has 4 heteroatoms. The summed E-state index contributed by atoms with van der Waals surface area (Å²) < 4.78 is 4.65. The van der Waals surface area contributed by atoms with Gasteiger partial charge in [0.05, 0.1) is 6.61 Å². The number of hydrogen-bond acceptors (Lipinski definition) is 4. The molecule has 82 valence electrons. The minimum Gasteiger partial charge on any atom is -0.508 e. The zero-order valence-corrected chi connectivity index (χ0v) is 8.51. The molecule has 0 bridgehead atoms. The van der Waals surface area contributed by atoms with E-state index in [4.69, 9.17) is 0 Å². The van der Waals surface area contributed by atoms with Crippen LogP contribution in [0.3, 0.4) is 0 Å². The van der Waals surface area contributed by atoms with Crippen LogP contribution in [0.1, 0.15) is 12.5 Å². The van der Waals surface area contributed by atoms with Crippen LogP contribution in [0, 0.1) is 0 Å². The van der Waals surface area contributed by atoms with Crippen LogP contribution in [-0.2, 0) is 16.0 Å². The van der Waals surface area contributed by atoms with E-state index in [2.05, 4.69) is 4.74 Å². The highest BCUT2D eigenvalue weighted by Gasteiger charge is 2.16. The van der Waals surface area contributed by atoms with Gasteiger partial charge in [0.25, 0.3) is 0 Å². The molecular formula is C11H14O4. The average Bonchev–Trinajstić information content (AvgIpc) is 2.18. The Kier molecular flexibility index (Phi) is 4.12. The maximum atomic E-state index is 11.1. The fraction of sp³-hybridized carbons (Fsp3) is 0.364. The van der Waals surface area contributed by atoms with Gasteiger partial charge in [0.15, 0.2) is 6.10 Å². The number of carbonyl (C=O) groups excluding carboxylic acids is 1. The van der Waals surface area contributed by atoms with Crippen molar-refractivity contribution < 1.29 is 19.7 Å². The SMILES string of the molecule is CCOC(=O)C(O)Cc1cccc(O)c1. The molecule has 1 aromatic rings. The molecular weight excluding hydrogens is 196 g/mol. The molecule has 0 saturated carbocycles. The summed E-state index contributed by atoms with van der Waals surface area (Å²) in [6.07, 6.45) is -1.03. The molecule has 15 heavy (non-hydrogen) atoms. The third kappa shape index (κ3) is 3.59. The van der Waals surface area contributed by atoms with Gasteiger partial charge in [0, 0.05) is 6.42 Å². The maximum absolute atomic E-state index is 11.1. The number of rotatable bonds is 4.